The van der Waals surface area contributed by atoms with E-state index in [4.69, 9.17) is 21.8 Å². The van der Waals surface area contributed by atoms with Crippen LogP contribution >= 0.6 is 27.5 Å². The molecule has 5 nitrogen and oxygen atoms in total. The molecule has 0 atom stereocenters. The third kappa shape index (κ3) is 3.14. The minimum Gasteiger partial charge on any atom is -0.452 e. The summed E-state index contributed by atoms with van der Waals surface area (Å²) in [7, 11) is -3.92. The van der Waals surface area contributed by atoms with Crippen LogP contribution in [0.4, 0.5) is 10.1 Å². The van der Waals surface area contributed by atoms with Gasteiger partial charge in [0.2, 0.25) is 0 Å². The zero-order chi connectivity index (χ0) is 14.9. The predicted molar refractivity (Wildman–Crippen MR) is 76.5 cm³/mol. The molecule has 1 aromatic carbocycles. The first-order valence-electron chi connectivity index (χ1n) is 5.29. The molecule has 0 radical (unpaired) electrons. The van der Waals surface area contributed by atoms with Crippen LogP contribution in [0.15, 0.2) is 38.2 Å². The fourth-order valence-electron chi connectivity index (χ4n) is 1.45. The van der Waals surface area contributed by atoms with Gasteiger partial charge in [0, 0.05) is 6.07 Å². The lowest BCUT2D eigenvalue weighted by atomic mass is 10.3. The topological polar surface area (TPSA) is 85.3 Å². The smallest absolute Gasteiger partial charge is 0.266 e. The molecule has 0 saturated carbocycles. The van der Waals surface area contributed by atoms with Crippen molar-refractivity contribution in [1.29, 1.82) is 0 Å². The quantitative estimate of drug-likeness (QED) is 0.849. The number of anilines is 1. The predicted octanol–water partition coefficient (Wildman–Crippen LogP) is 3.09. The number of rotatable bonds is 4. The second kappa shape index (κ2) is 5.72. The highest BCUT2D eigenvalue weighted by Gasteiger charge is 2.23. The maximum absolute atomic E-state index is 12.9. The van der Waals surface area contributed by atoms with E-state index in [-0.39, 0.29) is 26.8 Å². The Balaban J connectivity index is 2.38. The molecule has 0 fully saturated rings. The molecule has 0 bridgehead atoms. The van der Waals surface area contributed by atoms with Crippen molar-refractivity contribution in [3.8, 4) is 0 Å². The summed E-state index contributed by atoms with van der Waals surface area (Å²) in [5.41, 5.74) is 5.44. The van der Waals surface area contributed by atoms with E-state index in [0.29, 0.717) is 5.76 Å². The molecule has 0 amide bonds. The third-order valence-corrected chi connectivity index (χ3v) is 4.91. The van der Waals surface area contributed by atoms with E-state index in [0.717, 1.165) is 12.1 Å². The Hall–Kier alpha value is -1.09. The number of hydrogen-bond donors (Lipinski definition) is 2. The third-order valence-electron chi connectivity index (χ3n) is 2.37. The number of nitrogens with one attached hydrogen (secondary N) is 1. The minimum absolute atomic E-state index is 0.0312. The van der Waals surface area contributed by atoms with Crippen molar-refractivity contribution in [2.24, 2.45) is 5.73 Å². The summed E-state index contributed by atoms with van der Waals surface area (Å²) >= 11 is 8.78. The van der Waals surface area contributed by atoms with Crippen LogP contribution in [0.5, 0.6) is 0 Å². The van der Waals surface area contributed by atoms with Gasteiger partial charge in [-0.15, -0.1) is 0 Å². The summed E-state index contributed by atoms with van der Waals surface area (Å²) in [5.74, 6) is -0.254. The van der Waals surface area contributed by atoms with Crippen LogP contribution in [0, 0.1) is 5.82 Å². The van der Waals surface area contributed by atoms with Gasteiger partial charge in [0.15, 0.2) is 4.67 Å². The number of furan rings is 1. The van der Waals surface area contributed by atoms with Gasteiger partial charge in [0.1, 0.15) is 16.5 Å². The van der Waals surface area contributed by atoms with Crippen molar-refractivity contribution in [2.75, 3.05) is 4.72 Å². The van der Waals surface area contributed by atoms with Crippen molar-refractivity contribution in [3.05, 3.63) is 45.5 Å². The number of sulfonamides is 1. The van der Waals surface area contributed by atoms with E-state index in [9.17, 15) is 12.8 Å². The first-order valence-corrected chi connectivity index (χ1v) is 7.95. The number of benzene rings is 1. The molecule has 0 spiro atoms. The van der Waals surface area contributed by atoms with Crippen molar-refractivity contribution in [3.63, 3.8) is 0 Å². The maximum atomic E-state index is 12.9. The van der Waals surface area contributed by atoms with Crippen LogP contribution in [0.25, 0.3) is 0 Å². The summed E-state index contributed by atoms with van der Waals surface area (Å²) in [5, 5.41) is -0.0489. The SMILES string of the molecule is NCc1cc(S(=O)(=O)Nc2ccc(F)cc2Cl)c(Br)o1. The average molecular weight is 384 g/mol. The van der Waals surface area contributed by atoms with Crippen molar-refractivity contribution in [1.82, 2.24) is 0 Å². The van der Waals surface area contributed by atoms with E-state index in [1.54, 1.807) is 0 Å². The van der Waals surface area contributed by atoms with Crippen LogP contribution in [-0.4, -0.2) is 8.42 Å². The lowest BCUT2D eigenvalue weighted by molar-refractivity contribution is 0.484. The Bertz CT molecular complexity index is 748. The Morgan fingerprint density at radius 3 is 2.65 bits per heavy atom. The lowest BCUT2D eigenvalue weighted by Gasteiger charge is -2.08. The molecule has 0 aliphatic heterocycles. The van der Waals surface area contributed by atoms with Gasteiger partial charge in [-0.05, 0) is 34.1 Å². The average Bonchev–Trinajstić information content (AvgIpc) is 2.75. The molecule has 9 heteroatoms. The number of nitrogens with two attached hydrogens (primary N) is 1. The van der Waals surface area contributed by atoms with Gasteiger partial charge in [-0.2, -0.15) is 0 Å². The van der Waals surface area contributed by atoms with Gasteiger partial charge in [0.25, 0.3) is 10.0 Å². The summed E-state index contributed by atoms with van der Waals surface area (Å²) in [6.45, 7) is 0.0609. The molecule has 2 aromatic rings. The van der Waals surface area contributed by atoms with Gasteiger partial charge in [-0.25, -0.2) is 12.8 Å². The van der Waals surface area contributed by atoms with E-state index >= 15 is 0 Å². The van der Waals surface area contributed by atoms with Gasteiger partial charge in [0.05, 0.1) is 17.3 Å². The molecule has 2 rings (SSSR count). The Labute approximate surface area is 128 Å². The first kappa shape index (κ1) is 15.3. The highest BCUT2D eigenvalue weighted by atomic mass is 79.9. The van der Waals surface area contributed by atoms with Gasteiger partial charge >= 0.3 is 0 Å². The summed E-state index contributed by atoms with van der Waals surface area (Å²) in [4.78, 5) is -0.113. The van der Waals surface area contributed by atoms with E-state index < -0.39 is 15.8 Å². The van der Waals surface area contributed by atoms with Crippen LogP contribution in [-0.2, 0) is 16.6 Å². The van der Waals surface area contributed by atoms with E-state index in [2.05, 4.69) is 20.7 Å². The number of hydrogen-bond acceptors (Lipinski definition) is 4. The Morgan fingerprint density at radius 2 is 2.10 bits per heavy atom. The van der Waals surface area contributed by atoms with Crippen LogP contribution in [0.3, 0.4) is 0 Å². The Kier molecular flexibility index (Phi) is 4.38. The van der Waals surface area contributed by atoms with Crippen LogP contribution in [0.1, 0.15) is 5.76 Å². The highest BCUT2D eigenvalue weighted by Crippen LogP contribution is 2.30. The highest BCUT2D eigenvalue weighted by molar-refractivity contribution is 9.10. The second-order valence-electron chi connectivity index (χ2n) is 3.78. The zero-order valence-corrected chi connectivity index (χ0v) is 13.0. The monoisotopic (exact) mass is 382 g/mol. The molecule has 0 aliphatic carbocycles. The normalized spacial score (nSPS) is 11.6. The van der Waals surface area contributed by atoms with Crippen LogP contribution < -0.4 is 10.5 Å². The molecule has 1 heterocycles. The maximum Gasteiger partial charge on any atom is 0.266 e. The van der Waals surface area contributed by atoms with Gasteiger partial charge in [-0.1, -0.05) is 11.6 Å². The van der Waals surface area contributed by atoms with E-state index in [1.165, 1.54) is 12.1 Å². The lowest BCUT2D eigenvalue weighted by Crippen LogP contribution is -2.13. The number of halogens is 3. The Morgan fingerprint density at radius 1 is 1.40 bits per heavy atom. The molecule has 0 unspecified atom stereocenters. The van der Waals surface area contributed by atoms with Crippen LogP contribution in [0.2, 0.25) is 5.02 Å². The fraction of sp³-hybridized carbons (Fsp3) is 0.0909. The molecule has 3 N–H and O–H groups in total. The molecule has 1 aromatic heterocycles. The molecule has 0 saturated heterocycles. The second-order valence-corrected chi connectivity index (χ2v) is 6.56. The molecular weight excluding hydrogens is 375 g/mol. The van der Waals surface area contributed by atoms with Crippen molar-refractivity contribution >= 4 is 43.2 Å². The molecule has 20 heavy (non-hydrogen) atoms. The standard InChI is InChI=1S/C11H9BrClFN2O3S/c12-11-10(4-7(5-15)19-11)20(17,18)16-9-2-1-6(14)3-8(9)13/h1-4,16H,5,15H2. The molecular formula is C11H9BrClFN2O3S. The van der Waals surface area contributed by atoms with E-state index in [1.807, 2.05) is 0 Å². The van der Waals surface area contributed by atoms with Crippen molar-refractivity contribution in [2.45, 2.75) is 11.4 Å². The fourth-order valence-corrected chi connectivity index (χ4v) is 3.80. The first-order chi connectivity index (χ1) is 9.33. The molecule has 0 aliphatic rings. The van der Waals surface area contributed by atoms with Gasteiger partial charge in [-0.3, -0.25) is 4.72 Å². The summed E-state index contributed by atoms with van der Waals surface area (Å²) in [6.07, 6.45) is 0. The summed E-state index contributed by atoms with van der Waals surface area (Å²) in [6, 6.07) is 4.63. The largest absolute Gasteiger partial charge is 0.452 e. The van der Waals surface area contributed by atoms with Gasteiger partial charge < -0.3 is 10.2 Å². The van der Waals surface area contributed by atoms with Crippen molar-refractivity contribution < 1.29 is 17.2 Å². The zero-order valence-electron chi connectivity index (χ0n) is 9.86. The summed E-state index contributed by atoms with van der Waals surface area (Å²) < 4.78 is 44.7. The molecule has 108 valence electrons. The minimum atomic E-state index is -3.92.